The van der Waals surface area contributed by atoms with E-state index in [4.69, 9.17) is 10.5 Å². The molecule has 2 aromatic carbocycles. The molecular weight excluding hydrogens is 358 g/mol. The highest BCUT2D eigenvalue weighted by atomic mass is 79.9. The van der Waals surface area contributed by atoms with E-state index in [2.05, 4.69) is 31.9 Å². The zero-order chi connectivity index (χ0) is 13.1. The Morgan fingerprint density at radius 2 is 1.83 bits per heavy atom. The van der Waals surface area contributed by atoms with Crippen LogP contribution in [0.1, 0.15) is 11.1 Å². The predicted octanol–water partition coefficient (Wildman–Crippen LogP) is 4.77. The van der Waals surface area contributed by atoms with Crippen molar-refractivity contribution in [2.24, 2.45) is 5.73 Å². The van der Waals surface area contributed by atoms with E-state index >= 15 is 0 Å². The molecule has 0 aliphatic heterocycles. The summed E-state index contributed by atoms with van der Waals surface area (Å²) >= 11 is 6.90. The molecule has 18 heavy (non-hydrogen) atoms. The van der Waals surface area contributed by atoms with Crippen LogP contribution in [0.2, 0.25) is 0 Å². The van der Waals surface area contributed by atoms with Crippen molar-refractivity contribution in [2.45, 2.75) is 13.5 Å². The van der Waals surface area contributed by atoms with E-state index in [0.717, 1.165) is 31.6 Å². The summed E-state index contributed by atoms with van der Waals surface area (Å²) in [5.74, 6) is 1.58. The van der Waals surface area contributed by atoms with Gasteiger partial charge in [-0.1, -0.05) is 28.1 Å². The second-order valence-electron chi connectivity index (χ2n) is 3.99. The van der Waals surface area contributed by atoms with Gasteiger partial charge in [0.25, 0.3) is 0 Å². The molecule has 2 aromatic rings. The topological polar surface area (TPSA) is 35.2 Å². The van der Waals surface area contributed by atoms with Gasteiger partial charge in [-0.3, -0.25) is 0 Å². The lowest BCUT2D eigenvalue weighted by atomic mass is 10.1. The van der Waals surface area contributed by atoms with E-state index in [1.807, 2.05) is 43.3 Å². The molecule has 0 aliphatic carbocycles. The molecular formula is C14H13Br2NO. The van der Waals surface area contributed by atoms with Gasteiger partial charge in [0.1, 0.15) is 11.5 Å². The highest BCUT2D eigenvalue weighted by molar-refractivity contribution is 9.11. The molecule has 0 heterocycles. The molecule has 0 unspecified atom stereocenters. The lowest BCUT2D eigenvalue weighted by molar-refractivity contribution is 0.473. The summed E-state index contributed by atoms with van der Waals surface area (Å²) in [7, 11) is 0. The van der Waals surface area contributed by atoms with Crippen LogP contribution in [0.15, 0.2) is 45.3 Å². The molecule has 2 rings (SSSR count). The van der Waals surface area contributed by atoms with Crippen LogP contribution in [0, 0.1) is 6.92 Å². The Labute approximate surface area is 123 Å². The molecule has 0 fully saturated rings. The molecule has 2 nitrogen and oxygen atoms in total. The molecule has 0 spiro atoms. The number of hydrogen-bond donors (Lipinski definition) is 1. The van der Waals surface area contributed by atoms with Crippen LogP contribution in [-0.2, 0) is 6.54 Å². The highest BCUT2D eigenvalue weighted by Gasteiger charge is 2.07. The van der Waals surface area contributed by atoms with Crippen LogP contribution in [-0.4, -0.2) is 0 Å². The van der Waals surface area contributed by atoms with Gasteiger partial charge in [0.15, 0.2) is 0 Å². The molecule has 0 saturated heterocycles. The van der Waals surface area contributed by atoms with E-state index in [1.54, 1.807) is 0 Å². The molecule has 0 saturated carbocycles. The van der Waals surface area contributed by atoms with Crippen molar-refractivity contribution in [2.75, 3.05) is 0 Å². The first kappa shape index (κ1) is 13.6. The molecule has 0 aromatic heterocycles. The highest BCUT2D eigenvalue weighted by Crippen LogP contribution is 2.33. The van der Waals surface area contributed by atoms with Crippen molar-refractivity contribution in [3.8, 4) is 11.5 Å². The van der Waals surface area contributed by atoms with Crippen LogP contribution in [0.4, 0.5) is 0 Å². The van der Waals surface area contributed by atoms with Gasteiger partial charge < -0.3 is 10.5 Å². The minimum Gasteiger partial charge on any atom is -0.456 e. The summed E-state index contributed by atoms with van der Waals surface area (Å²) in [5, 5.41) is 0. The third-order valence-electron chi connectivity index (χ3n) is 2.56. The average Bonchev–Trinajstić information content (AvgIpc) is 2.33. The first-order chi connectivity index (χ1) is 8.60. The van der Waals surface area contributed by atoms with Gasteiger partial charge in [-0.25, -0.2) is 0 Å². The number of benzene rings is 2. The fraction of sp³-hybridized carbons (Fsp3) is 0.143. The molecule has 0 amide bonds. The Hall–Kier alpha value is -0.840. The van der Waals surface area contributed by atoms with E-state index in [0.29, 0.717) is 6.54 Å². The first-order valence-corrected chi connectivity index (χ1v) is 7.11. The van der Waals surface area contributed by atoms with Gasteiger partial charge in [0, 0.05) is 16.6 Å². The second-order valence-corrected chi connectivity index (χ2v) is 5.76. The quantitative estimate of drug-likeness (QED) is 0.844. The van der Waals surface area contributed by atoms with Crippen molar-refractivity contribution >= 4 is 31.9 Å². The van der Waals surface area contributed by atoms with Crippen molar-refractivity contribution < 1.29 is 4.74 Å². The third kappa shape index (κ3) is 3.13. The third-order valence-corrected chi connectivity index (χ3v) is 3.67. The maximum absolute atomic E-state index is 5.92. The van der Waals surface area contributed by atoms with Crippen LogP contribution in [0.3, 0.4) is 0 Å². The van der Waals surface area contributed by atoms with E-state index in [1.165, 1.54) is 0 Å². The van der Waals surface area contributed by atoms with Gasteiger partial charge in [0.2, 0.25) is 0 Å². The molecule has 4 heteroatoms. The van der Waals surface area contributed by atoms with E-state index in [9.17, 15) is 0 Å². The standard InChI is InChI=1S/C14H13Br2NO/c1-9-2-3-10(8-17)14(6-9)18-13-5-4-11(15)7-12(13)16/h2-7H,8,17H2,1H3. The van der Waals surface area contributed by atoms with E-state index < -0.39 is 0 Å². The van der Waals surface area contributed by atoms with Gasteiger partial charge in [-0.05, 0) is 52.7 Å². The predicted molar refractivity (Wildman–Crippen MR) is 81.0 cm³/mol. The molecule has 2 N–H and O–H groups in total. The number of hydrogen-bond acceptors (Lipinski definition) is 2. The zero-order valence-electron chi connectivity index (χ0n) is 9.91. The largest absolute Gasteiger partial charge is 0.456 e. The van der Waals surface area contributed by atoms with Gasteiger partial charge >= 0.3 is 0 Å². The summed E-state index contributed by atoms with van der Waals surface area (Å²) in [5.41, 5.74) is 7.86. The van der Waals surface area contributed by atoms with E-state index in [-0.39, 0.29) is 0 Å². The fourth-order valence-electron chi connectivity index (χ4n) is 1.60. The maximum atomic E-state index is 5.92. The number of halogens is 2. The first-order valence-electron chi connectivity index (χ1n) is 5.52. The monoisotopic (exact) mass is 369 g/mol. The number of aryl methyl sites for hydroxylation is 1. The molecule has 0 radical (unpaired) electrons. The number of ether oxygens (including phenoxy) is 1. The Kier molecular flexibility index (Phi) is 4.43. The lowest BCUT2D eigenvalue weighted by Gasteiger charge is -2.12. The van der Waals surface area contributed by atoms with Crippen molar-refractivity contribution in [3.63, 3.8) is 0 Å². The van der Waals surface area contributed by atoms with Crippen LogP contribution in [0.5, 0.6) is 11.5 Å². The minimum atomic E-state index is 0.462. The minimum absolute atomic E-state index is 0.462. The molecule has 94 valence electrons. The normalized spacial score (nSPS) is 10.4. The van der Waals surface area contributed by atoms with Gasteiger partial charge in [-0.15, -0.1) is 0 Å². The Morgan fingerprint density at radius 3 is 2.50 bits per heavy atom. The Bertz CT molecular complexity index is 570. The summed E-state index contributed by atoms with van der Waals surface area (Å²) in [4.78, 5) is 0. The number of nitrogens with two attached hydrogens (primary N) is 1. The van der Waals surface area contributed by atoms with Crippen molar-refractivity contribution in [1.29, 1.82) is 0 Å². The average molecular weight is 371 g/mol. The summed E-state index contributed by atoms with van der Waals surface area (Å²) < 4.78 is 7.83. The van der Waals surface area contributed by atoms with Gasteiger partial charge in [0.05, 0.1) is 4.47 Å². The number of rotatable bonds is 3. The van der Waals surface area contributed by atoms with Crippen molar-refractivity contribution in [1.82, 2.24) is 0 Å². The second kappa shape index (κ2) is 5.87. The molecule has 0 bridgehead atoms. The van der Waals surface area contributed by atoms with Crippen LogP contribution in [0.25, 0.3) is 0 Å². The lowest BCUT2D eigenvalue weighted by Crippen LogP contribution is -2.00. The summed E-state index contributed by atoms with van der Waals surface area (Å²) in [6.45, 7) is 2.49. The van der Waals surface area contributed by atoms with Crippen LogP contribution >= 0.6 is 31.9 Å². The smallest absolute Gasteiger partial charge is 0.141 e. The molecule has 0 atom stereocenters. The Morgan fingerprint density at radius 1 is 1.06 bits per heavy atom. The Balaban J connectivity index is 2.36. The molecule has 0 aliphatic rings. The maximum Gasteiger partial charge on any atom is 0.141 e. The zero-order valence-corrected chi connectivity index (χ0v) is 13.1. The summed E-state index contributed by atoms with van der Waals surface area (Å²) in [6, 6.07) is 11.8. The fourth-order valence-corrected chi connectivity index (χ4v) is 2.73. The SMILES string of the molecule is Cc1ccc(CN)c(Oc2ccc(Br)cc2Br)c1. The van der Waals surface area contributed by atoms with Crippen LogP contribution < -0.4 is 10.5 Å². The van der Waals surface area contributed by atoms with Gasteiger partial charge in [-0.2, -0.15) is 0 Å². The summed E-state index contributed by atoms with van der Waals surface area (Å²) in [6.07, 6.45) is 0. The van der Waals surface area contributed by atoms with Crippen molar-refractivity contribution in [3.05, 3.63) is 56.5 Å².